The van der Waals surface area contributed by atoms with E-state index in [9.17, 15) is 0 Å². The normalized spacial score (nSPS) is 13.3. The van der Waals surface area contributed by atoms with E-state index in [0.29, 0.717) is 23.2 Å². The maximum Gasteiger partial charge on any atom is 0.200 e. The fourth-order valence-electron chi connectivity index (χ4n) is 9.10. The van der Waals surface area contributed by atoms with Crippen molar-refractivity contribution in [1.29, 1.82) is 0 Å². The molecule has 6 aromatic rings. The van der Waals surface area contributed by atoms with Gasteiger partial charge in [-0.05, 0) is 118 Å². The molecule has 10 rings (SSSR count). The van der Waals surface area contributed by atoms with E-state index >= 15 is 0 Å². The molecule has 0 fully saturated rings. The summed E-state index contributed by atoms with van der Waals surface area (Å²) in [6, 6.07) is 57.6. The van der Waals surface area contributed by atoms with Crippen LogP contribution in [0.1, 0.15) is 69.4 Å². The minimum atomic E-state index is -2.07. The minimum absolute atomic E-state index is 0.546. The molecule has 0 saturated carbocycles. The minimum Gasteiger partial charge on any atom is -0.412 e. The summed E-state index contributed by atoms with van der Waals surface area (Å²) in [6.07, 6.45) is 3.98. The van der Waals surface area contributed by atoms with Crippen molar-refractivity contribution >= 4 is 56.0 Å². The van der Waals surface area contributed by atoms with Gasteiger partial charge in [0.05, 0.1) is 6.61 Å². The number of rotatable bonds is 12. The lowest BCUT2D eigenvalue weighted by Gasteiger charge is -2.42. The Labute approximate surface area is 328 Å². The van der Waals surface area contributed by atoms with Crippen LogP contribution in [0.2, 0.25) is 16.6 Å². The monoisotopic (exact) mass is 762 g/mol. The van der Waals surface area contributed by atoms with Crippen LogP contribution in [0.5, 0.6) is 0 Å². The van der Waals surface area contributed by atoms with Gasteiger partial charge >= 0.3 is 0 Å². The predicted molar refractivity (Wildman–Crippen MR) is 241 cm³/mol. The molecule has 0 amide bonds. The number of aryl methyl sites for hydroxylation is 4. The van der Waals surface area contributed by atoms with Crippen molar-refractivity contribution in [2.75, 3.05) is 0 Å². The molecular formula is C50H56OP2Si. The van der Waals surface area contributed by atoms with Crippen LogP contribution in [0.15, 0.2) is 152 Å². The van der Waals surface area contributed by atoms with Gasteiger partial charge in [0.1, 0.15) is 0 Å². The highest BCUT2D eigenvalue weighted by Gasteiger charge is 2.45. The summed E-state index contributed by atoms with van der Waals surface area (Å²) in [5.74, 6) is 0. The Morgan fingerprint density at radius 3 is 1.30 bits per heavy atom. The Hall–Kier alpha value is -3.64. The molecule has 4 heteroatoms. The SMILES string of the molecule is CC(C)[Si](OCc1cc2c(P(c3ccccc3)c3ccccc3)cc1CCc1ccc(cc1P(c1ccccc1)c1ccccc1)CC2)(C(C)C)C(C)C. The van der Waals surface area contributed by atoms with Gasteiger partial charge in [-0.3, -0.25) is 0 Å². The Balaban J connectivity index is 1.38. The molecule has 4 aliphatic carbocycles. The maximum absolute atomic E-state index is 7.41. The maximum atomic E-state index is 7.41. The van der Waals surface area contributed by atoms with Gasteiger partial charge in [0.25, 0.3) is 0 Å². The lowest BCUT2D eigenvalue weighted by molar-refractivity contribution is 0.265. The van der Waals surface area contributed by atoms with Crippen LogP contribution < -0.4 is 31.8 Å². The molecule has 0 unspecified atom stereocenters. The van der Waals surface area contributed by atoms with E-state index in [4.69, 9.17) is 4.43 Å². The van der Waals surface area contributed by atoms with Crippen molar-refractivity contribution in [3.8, 4) is 0 Å². The van der Waals surface area contributed by atoms with E-state index in [1.165, 1.54) is 59.6 Å². The van der Waals surface area contributed by atoms with Crippen molar-refractivity contribution in [2.24, 2.45) is 0 Å². The second-order valence-corrected chi connectivity index (χ2v) is 25.7. The summed E-state index contributed by atoms with van der Waals surface area (Å²) in [4.78, 5) is 0. The molecular weight excluding hydrogens is 707 g/mol. The number of hydrogen-bond acceptors (Lipinski definition) is 1. The van der Waals surface area contributed by atoms with Gasteiger partial charge < -0.3 is 4.43 Å². The molecule has 0 spiro atoms. The average molecular weight is 763 g/mol. The van der Waals surface area contributed by atoms with Crippen molar-refractivity contribution in [3.05, 3.63) is 179 Å². The average Bonchev–Trinajstić information content (AvgIpc) is 3.18. The highest BCUT2D eigenvalue weighted by molar-refractivity contribution is 7.80. The fraction of sp³-hybridized carbons (Fsp3) is 0.280. The first-order chi connectivity index (χ1) is 26.3. The zero-order chi connectivity index (χ0) is 37.7. The zero-order valence-electron chi connectivity index (χ0n) is 33.0. The van der Waals surface area contributed by atoms with E-state index < -0.39 is 24.2 Å². The Bertz CT molecular complexity index is 2010. The van der Waals surface area contributed by atoms with Crippen LogP contribution in [0, 0.1) is 0 Å². The summed E-state index contributed by atoms with van der Waals surface area (Å²) in [5, 5.41) is 8.67. The van der Waals surface area contributed by atoms with Crippen LogP contribution in [0.3, 0.4) is 0 Å². The molecule has 0 saturated heterocycles. The molecule has 6 aromatic carbocycles. The molecule has 0 N–H and O–H groups in total. The zero-order valence-corrected chi connectivity index (χ0v) is 35.8. The van der Waals surface area contributed by atoms with Gasteiger partial charge in [-0.15, -0.1) is 0 Å². The summed E-state index contributed by atoms with van der Waals surface area (Å²) < 4.78 is 7.41. The first-order valence-corrected chi connectivity index (χ1v) is 24.8. The molecule has 0 atom stereocenters. The van der Waals surface area contributed by atoms with E-state index in [1.54, 1.807) is 0 Å². The van der Waals surface area contributed by atoms with E-state index in [2.05, 4.69) is 193 Å². The molecule has 0 aromatic heterocycles. The van der Waals surface area contributed by atoms with Gasteiger partial charge in [-0.1, -0.05) is 193 Å². The fourth-order valence-corrected chi connectivity index (χ4v) is 19.6. The van der Waals surface area contributed by atoms with E-state index in [1.807, 2.05) is 0 Å². The third-order valence-electron chi connectivity index (χ3n) is 11.6. The first kappa shape index (κ1) is 38.6. The largest absolute Gasteiger partial charge is 0.412 e. The third kappa shape index (κ3) is 8.15. The lowest BCUT2D eigenvalue weighted by atomic mass is 9.93. The van der Waals surface area contributed by atoms with Gasteiger partial charge in [0, 0.05) is 0 Å². The molecule has 4 aliphatic rings. The number of hydrogen-bond donors (Lipinski definition) is 0. The number of benzene rings is 6. The first-order valence-electron chi connectivity index (χ1n) is 20.0. The molecule has 54 heavy (non-hydrogen) atoms. The molecule has 1 nitrogen and oxygen atoms in total. The molecule has 276 valence electrons. The van der Waals surface area contributed by atoms with E-state index in [-0.39, 0.29) is 0 Å². The Morgan fingerprint density at radius 1 is 0.444 bits per heavy atom. The third-order valence-corrected chi connectivity index (χ3v) is 22.7. The van der Waals surface area contributed by atoms with Crippen LogP contribution >= 0.6 is 15.8 Å². The Kier molecular flexibility index (Phi) is 12.5. The second kappa shape index (κ2) is 17.4. The summed E-state index contributed by atoms with van der Waals surface area (Å²) in [5.41, 5.74) is 8.86. The standard InChI is InChI=1S/C50H56OP2Si/c1-37(2)54(38(3)4,39(5)6)51-36-44-34-43-30-28-40-27-29-41(49(33-40)52(45-19-11-7-12-20-45)46-21-13-8-14-22-46)31-32-42(44)35-50(43)53(47-23-15-9-16-24-47)48-25-17-10-18-26-48/h7-27,29,33-35,37-39H,28,30-32,36H2,1-6H3. The van der Waals surface area contributed by atoms with Crippen LogP contribution in [-0.2, 0) is 36.7 Å². The Morgan fingerprint density at radius 2 is 0.852 bits per heavy atom. The second-order valence-electron chi connectivity index (χ2n) is 15.8. The molecule has 0 heterocycles. The van der Waals surface area contributed by atoms with Gasteiger partial charge in [-0.2, -0.15) is 0 Å². The molecule has 4 bridgehead atoms. The van der Waals surface area contributed by atoms with Crippen LogP contribution in [-0.4, -0.2) is 8.32 Å². The molecule has 0 radical (unpaired) electrons. The highest BCUT2D eigenvalue weighted by Crippen LogP contribution is 2.44. The van der Waals surface area contributed by atoms with Crippen LogP contribution in [0.25, 0.3) is 0 Å². The summed E-state index contributed by atoms with van der Waals surface area (Å²) >= 11 is 0. The van der Waals surface area contributed by atoms with Gasteiger partial charge in [-0.25, -0.2) is 0 Å². The quantitative estimate of drug-likeness (QED) is 0.0891. The predicted octanol–water partition coefficient (Wildman–Crippen LogP) is 10.8. The topological polar surface area (TPSA) is 9.23 Å². The highest BCUT2D eigenvalue weighted by atomic mass is 31.1. The summed E-state index contributed by atoms with van der Waals surface area (Å²) in [7, 11) is -3.51. The van der Waals surface area contributed by atoms with Crippen molar-refractivity contribution in [1.82, 2.24) is 0 Å². The smallest absolute Gasteiger partial charge is 0.200 e. The molecule has 0 aliphatic heterocycles. The van der Waals surface area contributed by atoms with Gasteiger partial charge in [0.15, 0.2) is 0 Å². The lowest BCUT2D eigenvalue weighted by Crippen LogP contribution is -2.47. The van der Waals surface area contributed by atoms with Crippen LogP contribution in [0.4, 0.5) is 0 Å². The van der Waals surface area contributed by atoms with Crippen molar-refractivity contribution in [3.63, 3.8) is 0 Å². The van der Waals surface area contributed by atoms with Crippen molar-refractivity contribution in [2.45, 2.75) is 90.5 Å². The summed E-state index contributed by atoms with van der Waals surface area (Å²) in [6.45, 7) is 15.1. The van der Waals surface area contributed by atoms with Gasteiger partial charge in [0.2, 0.25) is 8.32 Å². The van der Waals surface area contributed by atoms with Crippen molar-refractivity contribution < 1.29 is 4.43 Å². The van der Waals surface area contributed by atoms with E-state index in [0.717, 1.165) is 25.7 Å².